The van der Waals surface area contributed by atoms with Gasteiger partial charge in [-0.3, -0.25) is 14.4 Å². The summed E-state index contributed by atoms with van der Waals surface area (Å²) in [6.45, 7) is 12.7. The Bertz CT molecular complexity index is 749. The van der Waals surface area contributed by atoms with Gasteiger partial charge in [-0.2, -0.15) is 0 Å². The molecule has 30 heavy (non-hydrogen) atoms. The summed E-state index contributed by atoms with van der Waals surface area (Å²) in [4.78, 5) is 39.2. The van der Waals surface area contributed by atoms with E-state index in [0.717, 1.165) is 5.56 Å². The topological polar surface area (TPSA) is 72.9 Å². The molecule has 0 saturated carbocycles. The SMILES string of the molecule is CC.CCOC(=O)C1C(=O)N(CC(=O)OC(C)(C)C)C(C)=CC1Cc1ccccc1. The van der Waals surface area contributed by atoms with E-state index in [1.165, 1.54) is 4.90 Å². The number of nitrogens with zero attached hydrogens (tertiary/aromatic N) is 1. The van der Waals surface area contributed by atoms with Gasteiger partial charge in [-0.05, 0) is 46.6 Å². The van der Waals surface area contributed by atoms with Crippen molar-refractivity contribution in [2.24, 2.45) is 11.8 Å². The van der Waals surface area contributed by atoms with E-state index in [1.54, 1.807) is 34.6 Å². The van der Waals surface area contributed by atoms with E-state index in [1.807, 2.05) is 50.3 Å². The minimum atomic E-state index is -0.980. The molecule has 0 fully saturated rings. The van der Waals surface area contributed by atoms with Crippen LogP contribution in [0.1, 0.15) is 54.0 Å². The molecule has 6 heteroatoms. The van der Waals surface area contributed by atoms with Gasteiger partial charge in [0.15, 0.2) is 0 Å². The van der Waals surface area contributed by atoms with Crippen LogP contribution >= 0.6 is 0 Å². The second-order valence-electron chi connectivity index (χ2n) is 7.90. The van der Waals surface area contributed by atoms with E-state index in [-0.39, 0.29) is 19.1 Å². The van der Waals surface area contributed by atoms with Crippen molar-refractivity contribution in [1.29, 1.82) is 0 Å². The predicted molar refractivity (Wildman–Crippen MR) is 116 cm³/mol. The Labute approximate surface area is 180 Å². The molecule has 0 aromatic heterocycles. The number of hydrogen-bond donors (Lipinski definition) is 0. The van der Waals surface area contributed by atoms with Crippen LogP contribution in [0.15, 0.2) is 42.1 Å². The molecule has 1 aliphatic heterocycles. The number of benzene rings is 1. The Hall–Kier alpha value is -2.63. The molecular formula is C24H35NO5. The highest BCUT2D eigenvalue weighted by Crippen LogP contribution is 2.30. The summed E-state index contributed by atoms with van der Waals surface area (Å²) in [5.41, 5.74) is 1.01. The van der Waals surface area contributed by atoms with Crippen molar-refractivity contribution < 1.29 is 23.9 Å². The number of amides is 1. The van der Waals surface area contributed by atoms with Gasteiger partial charge in [-0.1, -0.05) is 50.3 Å². The molecule has 0 N–H and O–H groups in total. The first-order chi connectivity index (χ1) is 14.1. The van der Waals surface area contributed by atoms with Gasteiger partial charge in [-0.15, -0.1) is 0 Å². The average Bonchev–Trinajstić information content (AvgIpc) is 2.66. The number of allylic oxidation sites excluding steroid dienone is 2. The van der Waals surface area contributed by atoms with E-state index in [9.17, 15) is 14.4 Å². The van der Waals surface area contributed by atoms with Gasteiger partial charge in [0.2, 0.25) is 5.91 Å². The minimum absolute atomic E-state index is 0.190. The van der Waals surface area contributed by atoms with E-state index in [4.69, 9.17) is 9.47 Å². The zero-order chi connectivity index (χ0) is 22.9. The van der Waals surface area contributed by atoms with Crippen molar-refractivity contribution in [2.75, 3.05) is 13.2 Å². The molecule has 0 aliphatic carbocycles. The average molecular weight is 418 g/mol. The van der Waals surface area contributed by atoms with Crippen molar-refractivity contribution in [2.45, 2.75) is 60.5 Å². The fourth-order valence-corrected chi connectivity index (χ4v) is 3.30. The Balaban J connectivity index is 0.00000218. The van der Waals surface area contributed by atoms with Crippen molar-refractivity contribution >= 4 is 17.8 Å². The highest BCUT2D eigenvalue weighted by molar-refractivity contribution is 6.01. The first kappa shape index (κ1) is 25.4. The quantitative estimate of drug-likeness (QED) is 0.514. The summed E-state index contributed by atoms with van der Waals surface area (Å²) in [5, 5.41) is 0. The smallest absolute Gasteiger partial charge is 0.326 e. The standard InChI is InChI=1S/C22H29NO5.C2H6/c1-6-27-21(26)19-17(13-16-10-8-7-9-11-16)12-15(2)23(20(19)25)14-18(24)28-22(3,4)5;1-2/h7-12,17,19H,6,13-14H2,1-5H3;1-2H3. The molecule has 2 unspecified atom stereocenters. The van der Waals surface area contributed by atoms with Gasteiger partial charge in [0.25, 0.3) is 0 Å². The molecule has 1 aliphatic rings. The number of esters is 2. The molecule has 0 radical (unpaired) electrons. The largest absolute Gasteiger partial charge is 0.465 e. The van der Waals surface area contributed by atoms with Crippen molar-refractivity contribution in [3.63, 3.8) is 0 Å². The lowest BCUT2D eigenvalue weighted by Crippen LogP contribution is -2.48. The molecule has 0 saturated heterocycles. The summed E-state index contributed by atoms with van der Waals surface area (Å²) < 4.78 is 10.5. The van der Waals surface area contributed by atoms with Crippen LogP contribution in [-0.4, -0.2) is 41.5 Å². The Morgan fingerprint density at radius 3 is 2.23 bits per heavy atom. The maximum atomic E-state index is 13.1. The zero-order valence-corrected chi connectivity index (χ0v) is 19.2. The molecule has 2 rings (SSSR count). The number of carbonyl (C=O) groups excluding carboxylic acids is 3. The van der Waals surface area contributed by atoms with Gasteiger partial charge in [0.1, 0.15) is 18.1 Å². The molecular weight excluding hydrogens is 382 g/mol. The summed E-state index contributed by atoms with van der Waals surface area (Å²) in [5.74, 6) is -2.82. The lowest BCUT2D eigenvalue weighted by Gasteiger charge is -2.35. The van der Waals surface area contributed by atoms with E-state index < -0.39 is 29.4 Å². The fourth-order valence-electron chi connectivity index (χ4n) is 3.30. The van der Waals surface area contributed by atoms with Gasteiger partial charge < -0.3 is 14.4 Å². The third-order valence-electron chi connectivity index (χ3n) is 4.40. The minimum Gasteiger partial charge on any atom is -0.465 e. The molecule has 1 heterocycles. The molecule has 0 spiro atoms. The van der Waals surface area contributed by atoms with Crippen LogP contribution in [0.25, 0.3) is 0 Å². The van der Waals surface area contributed by atoms with Gasteiger partial charge in [-0.25, -0.2) is 0 Å². The predicted octanol–water partition coefficient (Wildman–Crippen LogP) is 4.14. The molecule has 1 aromatic carbocycles. The van der Waals surface area contributed by atoms with Crippen LogP contribution in [0, 0.1) is 11.8 Å². The second-order valence-corrected chi connectivity index (χ2v) is 7.90. The first-order valence-corrected chi connectivity index (χ1v) is 10.5. The van der Waals surface area contributed by atoms with Crippen LogP contribution < -0.4 is 0 Å². The Morgan fingerprint density at radius 1 is 1.10 bits per heavy atom. The Morgan fingerprint density at radius 2 is 1.70 bits per heavy atom. The van der Waals surface area contributed by atoms with Gasteiger partial charge in [0, 0.05) is 11.6 Å². The molecule has 6 nitrogen and oxygen atoms in total. The highest BCUT2D eigenvalue weighted by atomic mass is 16.6. The summed E-state index contributed by atoms with van der Waals surface area (Å²) in [6.07, 6.45) is 2.41. The third kappa shape index (κ3) is 7.32. The van der Waals surface area contributed by atoms with Crippen molar-refractivity contribution in [3.05, 3.63) is 47.7 Å². The van der Waals surface area contributed by atoms with E-state index in [2.05, 4.69) is 0 Å². The number of carbonyl (C=O) groups is 3. The van der Waals surface area contributed by atoms with Crippen LogP contribution in [0.3, 0.4) is 0 Å². The maximum absolute atomic E-state index is 13.1. The number of rotatable bonds is 6. The van der Waals surface area contributed by atoms with E-state index in [0.29, 0.717) is 12.1 Å². The van der Waals surface area contributed by atoms with Crippen molar-refractivity contribution in [1.82, 2.24) is 4.90 Å². The fraction of sp³-hybridized carbons (Fsp3) is 0.542. The summed E-state index contributed by atoms with van der Waals surface area (Å²) >= 11 is 0. The molecule has 166 valence electrons. The molecule has 0 bridgehead atoms. The second kappa shape index (κ2) is 11.5. The van der Waals surface area contributed by atoms with Gasteiger partial charge >= 0.3 is 11.9 Å². The summed E-state index contributed by atoms with van der Waals surface area (Å²) in [7, 11) is 0. The molecule has 2 atom stereocenters. The lowest BCUT2D eigenvalue weighted by molar-refractivity contribution is -0.164. The van der Waals surface area contributed by atoms with Crippen molar-refractivity contribution in [3.8, 4) is 0 Å². The maximum Gasteiger partial charge on any atom is 0.326 e. The zero-order valence-electron chi connectivity index (χ0n) is 19.2. The lowest BCUT2D eigenvalue weighted by atomic mass is 9.82. The monoisotopic (exact) mass is 417 g/mol. The number of ether oxygens (including phenoxy) is 2. The van der Waals surface area contributed by atoms with Crippen LogP contribution in [0.4, 0.5) is 0 Å². The van der Waals surface area contributed by atoms with Crippen LogP contribution in [-0.2, 0) is 30.3 Å². The Kier molecular flexibility index (Phi) is 9.76. The van der Waals surface area contributed by atoms with E-state index >= 15 is 0 Å². The normalized spacial score (nSPS) is 18.7. The summed E-state index contributed by atoms with van der Waals surface area (Å²) in [6, 6.07) is 9.68. The van der Waals surface area contributed by atoms with Crippen LogP contribution in [0.2, 0.25) is 0 Å². The first-order valence-electron chi connectivity index (χ1n) is 10.5. The highest BCUT2D eigenvalue weighted by Gasteiger charge is 2.42. The molecule has 1 amide bonds. The number of hydrogen-bond acceptors (Lipinski definition) is 5. The third-order valence-corrected chi connectivity index (χ3v) is 4.40. The molecule has 1 aromatic rings. The van der Waals surface area contributed by atoms with Crippen LogP contribution in [0.5, 0.6) is 0 Å². The van der Waals surface area contributed by atoms with Gasteiger partial charge in [0.05, 0.1) is 6.61 Å².